The van der Waals surface area contributed by atoms with Crippen LogP contribution in [-0.4, -0.2) is 62.1 Å². The predicted octanol–water partition coefficient (Wildman–Crippen LogP) is 3.03. The lowest BCUT2D eigenvalue weighted by Gasteiger charge is -2.31. The molecule has 3 unspecified atom stereocenters. The second-order valence-corrected chi connectivity index (χ2v) is 7.73. The maximum atomic E-state index is 4.54. The average molecular weight is 434 g/mol. The second-order valence-electron chi connectivity index (χ2n) is 7.73. The number of hydrogen-bond donors (Lipinski definition) is 1. The van der Waals surface area contributed by atoms with Crippen molar-refractivity contribution >= 4 is 29.9 Å². The predicted molar refractivity (Wildman–Crippen MR) is 109 cm³/mol. The molecule has 0 spiro atoms. The highest BCUT2D eigenvalue weighted by atomic mass is 127. The van der Waals surface area contributed by atoms with E-state index in [9.17, 15) is 0 Å². The monoisotopic (exact) mass is 434 g/mol. The van der Waals surface area contributed by atoms with Crippen molar-refractivity contribution in [3.05, 3.63) is 0 Å². The van der Waals surface area contributed by atoms with Crippen LogP contribution in [0.2, 0.25) is 0 Å². The largest absolute Gasteiger partial charge is 0.355 e. The van der Waals surface area contributed by atoms with Crippen LogP contribution < -0.4 is 5.32 Å². The summed E-state index contributed by atoms with van der Waals surface area (Å²) in [6.45, 7) is 9.57. The minimum Gasteiger partial charge on any atom is -0.355 e. The van der Waals surface area contributed by atoms with Gasteiger partial charge in [0.25, 0.3) is 0 Å². The standard InChI is InChI=1S/C18H34N4.HI/c1-15-6-5-10-21(12-15)11-9-20-18(19-2)22-13-16-7-3-4-8-17(16)14-22;/h15-17H,3-14H2,1-2H3,(H,19,20);1H. The van der Waals surface area contributed by atoms with E-state index in [4.69, 9.17) is 0 Å². The van der Waals surface area contributed by atoms with Crippen LogP contribution in [0.25, 0.3) is 0 Å². The van der Waals surface area contributed by atoms with E-state index >= 15 is 0 Å². The highest BCUT2D eigenvalue weighted by Crippen LogP contribution is 2.35. The molecule has 4 nitrogen and oxygen atoms in total. The molecule has 0 bridgehead atoms. The van der Waals surface area contributed by atoms with Gasteiger partial charge in [0.1, 0.15) is 0 Å². The Balaban J connectivity index is 0.00000192. The molecule has 3 atom stereocenters. The van der Waals surface area contributed by atoms with Crippen molar-refractivity contribution in [3.8, 4) is 0 Å². The zero-order valence-electron chi connectivity index (χ0n) is 15.0. The van der Waals surface area contributed by atoms with Crippen LogP contribution in [-0.2, 0) is 0 Å². The summed E-state index contributed by atoms with van der Waals surface area (Å²) in [6, 6.07) is 0. The Bertz CT molecular complexity index is 373. The molecule has 23 heavy (non-hydrogen) atoms. The van der Waals surface area contributed by atoms with Crippen molar-refractivity contribution in [1.29, 1.82) is 0 Å². The Morgan fingerprint density at radius 2 is 1.74 bits per heavy atom. The topological polar surface area (TPSA) is 30.9 Å². The molecule has 3 rings (SSSR count). The average Bonchev–Trinajstić information content (AvgIpc) is 2.95. The van der Waals surface area contributed by atoms with E-state index in [-0.39, 0.29) is 24.0 Å². The Morgan fingerprint density at radius 3 is 2.35 bits per heavy atom. The van der Waals surface area contributed by atoms with Gasteiger partial charge in [-0.25, -0.2) is 0 Å². The molecule has 2 heterocycles. The molecule has 1 saturated carbocycles. The van der Waals surface area contributed by atoms with Gasteiger partial charge in [-0.05, 0) is 50.0 Å². The van der Waals surface area contributed by atoms with Gasteiger partial charge in [0.2, 0.25) is 0 Å². The maximum absolute atomic E-state index is 4.54. The summed E-state index contributed by atoms with van der Waals surface area (Å²) in [6.07, 6.45) is 8.52. The third-order valence-electron chi connectivity index (χ3n) is 5.94. The van der Waals surface area contributed by atoms with Gasteiger partial charge in [-0.1, -0.05) is 19.8 Å². The van der Waals surface area contributed by atoms with Gasteiger partial charge >= 0.3 is 0 Å². The molecule has 3 fully saturated rings. The number of halogens is 1. The molecule has 1 aliphatic carbocycles. The highest BCUT2D eigenvalue weighted by molar-refractivity contribution is 14.0. The van der Waals surface area contributed by atoms with Crippen LogP contribution in [0.15, 0.2) is 4.99 Å². The minimum absolute atomic E-state index is 0. The van der Waals surface area contributed by atoms with Crippen molar-refractivity contribution in [3.63, 3.8) is 0 Å². The van der Waals surface area contributed by atoms with Crippen LogP contribution >= 0.6 is 24.0 Å². The van der Waals surface area contributed by atoms with E-state index in [0.717, 1.165) is 36.8 Å². The van der Waals surface area contributed by atoms with E-state index in [1.807, 2.05) is 7.05 Å². The van der Waals surface area contributed by atoms with Crippen LogP contribution in [0.3, 0.4) is 0 Å². The summed E-state index contributed by atoms with van der Waals surface area (Å²) in [5.41, 5.74) is 0. The molecular weight excluding hydrogens is 399 g/mol. The van der Waals surface area contributed by atoms with Crippen molar-refractivity contribution in [2.45, 2.75) is 45.4 Å². The van der Waals surface area contributed by atoms with Gasteiger partial charge in [0.15, 0.2) is 5.96 Å². The number of nitrogens with zero attached hydrogens (tertiary/aromatic N) is 3. The van der Waals surface area contributed by atoms with Gasteiger partial charge in [0.05, 0.1) is 0 Å². The van der Waals surface area contributed by atoms with Gasteiger partial charge in [0, 0.05) is 39.8 Å². The van der Waals surface area contributed by atoms with Gasteiger partial charge < -0.3 is 15.1 Å². The number of guanidine groups is 1. The summed E-state index contributed by atoms with van der Waals surface area (Å²) in [4.78, 5) is 9.66. The quantitative estimate of drug-likeness (QED) is 0.421. The fraction of sp³-hybridized carbons (Fsp3) is 0.944. The molecule has 3 aliphatic rings. The van der Waals surface area contributed by atoms with Gasteiger partial charge in [-0.2, -0.15) is 0 Å². The number of nitrogens with one attached hydrogen (secondary N) is 1. The third-order valence-corrected chi connectivity index (χ3v) is 5.94. The maximum Gasteiger partial charge on any atom is 0.193 e. The molecule has 2 saturated heterocycles. The fourth-order valence-electron chi connectivity index (χ4n) is 4.73. The van der Waals surface area contributed by atoms with E-state index in [1.165, 1.54) is 64.7 Å². The smallest absolute Gasteiger partial charge is 0.193 e. The first-order valence-corrected chi connectivity index (χ1v) is 9.44. The van der Waals surface area contributed by atoms with Crippen LogP contribution in [0.1, 0.15) is 45.4 Å². The molecule has 134 valence electrons. The first kappa shape index (κ1) is 19.3. The number of likely N-dealkylation sites (tertiary alicyclic amines) is 2. The molecule has 0 aromatic heterocycles. The molecular formula is C18H35IN4. The molecule has 1 N–H and O–H groups in total. The summed E-state index contributed by atoms with van der Waals surface area (Å²) < 4.78 is 0. The van der Waals surface area contributed by atoms with E-state index in [0.29, 0.717) is 0 Å². The fourth-order valence-corrected chi connectivity index (χ4v) is 4.73. The Morgan fingerprint density at radius 1 is 1.04 bits per heavy atom. The van der Waals surface area contributed by atoms with Crippen molar-refractivity contribution in [2.24, 2.45) is 22.7 Å². The summed E-state index contributed by atoms with van der Waals surface area (Å²) in [7, 11) is 1.94. The SMILES string of the molecule is CN=C(NCCN1CCCC(C)C1)N1CC2CCCCC2C1.I. The summed E-state index contributed by atoms with van der Waals surface area (Å²) in [5.74, 6) is 3.86. The number of aliphatic imine (C=N–C) groups is 1. The molecule has 0 radical (unpaired) electrons. The Hall–Kier alpha value is -0.0400. The molecule has 0 aromatic rings. The summed E-state index contributed by atoms with van der Waals surface area (Å²) >= 11 is 0. The first-order chi connectivity index (χ1) is 10.8. The molecule has 0 aromatic carbocycles. The molecule has 5 heteroatoms. The van der Waals surface area contributed by atoms with E-state index in [2.05, 4.69) is 27.0 Å². The van der Waals surface area contributed by atoms with E-state index in [1.54, 1.807) is 0 Å². The zero-order valence-corrected chi connectivity index (χ0v) is 17.3. The zero-order chi connectivity index (χ0) is 15.4. The third kappa shape index (κ3) is 5.21. The van der Waals surface area contributed by atoms with Crippen molar-refractivity contribution < 1.29 is 0 Å². The minimum atomic E-state index is 0. The summed E-state index contributed by atoms with van der Waals surface area (Å²) in [5, 5.41) is 3.62. The Labute approximate surface area is 159 Å². The van der Waals surface area contributed by atoms with Crippen LogP contribution in [0, 0.1) is 17.8 Å². The van der Waals surface area contributed by atoms with Gasteiger partial charge in [-0.15, -0.1) is 24.0 Å². The van der Waals surface area contributed by atoms with E-state index < -0.39 is 0 Å². The molecule has 0 amide bonds. The Kier molecular flexibility index (Phi) is 7.92. The number of rotatable bonds is 3. The number of piperidine rings is 1. The van der Waals surface area contributed by atoms with Crippen molar-refractivity contribution in [2.75, 3.05) is 46.3 Å². The number of fused-ring (bicyclic) bond motifs is 1. The normalized spacial score (nSPS) is 32.3. The molecule has 2 aliphatic heterocycles. The van der Waals surface area contributed by atoms with Crippen LogP contribution in [0.5, 0.6) is 0 Å². The first-order valence-electron chi connectivity index (χ1n) is 9.44. The van der Waals surface area contributed by atoms with Gasteiger partial charge in [-0.3, -0.25) is 4.99 Å². The lowest BCUT2D eigenvalue weighted by atomic mass is 9.82. The highest BCUT2D eigenvalue weighted by Gasteiger charge is 2.35. The van der Waals surface area contributed by atoms with Crippen LogP contribution in [0.4, 0.5) is 0 Å². The number of hydrogen-bond acceptors (Lipinski definition) is 2. The lowest BCUT2D eigenvalue weighted by molar-refractivity contribution is 0.186. The lowest BCUT2D eigenvalue weighted by Crippen LogP contribution is -2.45. The second kappa shape index (κ2) is 9.44. The van der Waals surface area contributed by atoms with Crippen molar-refractivity contribution in [1.82, 2.24) is 15.1 Å².